The molecule has 1 aliphatic rings. The van der Waals surface area contributed by atoms with Crippen LogP contribution in [0.5, 0.6) is 0 Å². The summed E-state index contributed by atoms with van der Waals surface area (Å²) in [4.78, 5) is 19.0. The van der Waals surface area contributed by atoms with Gasteiger partial charge in [-0.05, 0) is 43.3 Å². The van der Waals surface area contributed by atoms with E-state index in [-0.39, 0.29) is 18.5 Å². The number of carbonyl (C=O) groups excluding carboxylic acids is 1. The molecule has 1 aliphatic heterocycles. The van der Waals surface area contributed by atoms with Crippen LogP contribution in [0, 0.1) is 0 Å². The zero-order chi connectivity index (χ0) is 22.5. The monoisotopic (exact) mass is 439 g/mol. The zero-order valence-electron chi connectivity index (χ0n) is 16.7. The Morgan fingerprint density at radius 3 is 2.56 bits per heavy atom. The average molecular weight is 439 g/mol. The van der Waals surface area contributed by atoms with Crippen LogP contribution >= 0.6 is 0 Å². The number of nitrogens with zero attached hydrogens (tertiary/aromatic N) is 5. The summed E-state index contributed by atoms with van der Waals surface area (Å²) < 4.78 is 45.7. The zero-order valence-corrected chi connectivity index (χ0v) is 16.7. The summed E-state index contributed by atoms with van der Waals surface area (Å²) in [7, 11) is 0. The molecule has 5 rings (SSSR count). The summed E-state index contributed by atoms with van der Waals surface area (Å²) in [5.41, 5.74) is 1.39. The lowest BCUT2D eigenvalue weighted by atomic mass is 10.1. The van der Waals surface area contributed by atoms with Gasteiger partial charge in [0, 0.05) is 24.5 Å². The van der Waals surface area contributed by atoms with Crippen molar-refractivity contribution < 1.29 is 22.5 Å². The Labute approximate surface area is 180 Å². The first-order valence-corrected chi connectivity index (χ1v) is 9.78. The van der Waals surface area contributed by atoms with Crippen LogP contribution < -0.4 is 4.90 Å². The number of carbonyl (C=O) groups is 1. The largest absolute Gasteiger partial charge is 0.416 e. The molecule has 7 nitrogen and oxygen atoms in total. The normalized spacial score (nSPS) is 16.3. The van der Waals surface area contributed by atoms with Crippen molar-refractivity contribution in [2.24, 2.45) is 0 Å². The number of aromatic nitrogens is 4. The number of rotatable bonds is 3. The third kappa shape index (κ3) is 3.33. The SMILES string of the molecule is C[C@H]1CN(c2ccc(C(F)(F)F)cc2)C(=O)c2c(-c3cc(-c4ccccn4)on3)cnn21. The summed E-state index contributed by atoms with van der Waals surface area (Å²) >= 11 is 0. The Morgan fingerprint density at radius 1 is 1.09 bits per heavy atom. The van der Waals surface area contributed by atoms with Crippen LogP contribution in [0.1, 0.15) is 29.0 Å². The highest BCUT2D eigenvalue weighted by atomic mass is 19.4. The van der Waals surface area contributed by atoms with Gasteiger partial charge in [-0.2, -0.15) is 18.3 Å². The number of fused-ring (bicyclic) bond motifs is 1. The molecule has 0 unspecified atom stereocenters. The van der Waals surface area contributed by atoms with Gasteiger partial charge in [0.2, 0.25) is 0 Å². The second kappa shape index (κ2) is 7.33. The standard InChI is InChI=1S/C22H16F3N5O2/c1-13-12-29(15-7-5-14(6-8-15)22(23,24)25)21(31)20-16(11-27-30(13)20)18-10-19(32-28-18)17-4-2-3-9-26-17/h2-11,13H,12H2,1H3/t13-/m0/s1. The molecule has 4 heterocycles. The highest BCUT2D eigenvalue weighted by Crippen LogP contribution is 2.35. The molecule has 0 saturated carbocycles. The van der Waals surface area contributed by atoms with Crippen LogP contribution in [0.2, 0.25) is 0 Å². The quantitative estimate of drug-likeness (QED) is 0.457. The molecule has 1 amide bonds. The minimum atomic E-state index is -4.44. The molecule has 4 aromatic rings. The van der Waals surface area contributed by atoms with Crippen molar-refractivity contribution in [2.75, 3.05) is 11.4 Å². The molecular formula is C22H16F3N5O2. The lowest BCUT2D eigenvalue weighted by Crippen LogP contribution is -2.42. The van der Waals surface area contributed by atoms with Crippen LogP contribution in [0.3, 0.4) is 0 Å². The summed E-state index contributed by atoms with van der Waals surface area (Å²) in [5.74, 6) is 0.0641. The Morgan fingerprint density at radius 2 is 1.88 bits per heavy atom. The van der Waals surface area contributed by atoms with Crippen molar-refractivity contribution in [1.82, 2.24) is 19.9 Å². The number of hydrogen-bond donors (Lipinski definition) is 0. The van der Waals surface area contributed by atoms with E-state index >= 15 is 0 Å². The van der Waals surface area contributed by atoms with E-state index in [4.69, 9.17) is 4.52 Å². The Hall–Kier alpha value is -3.95. The fraction of sp³-hybridized carbons (Fsp3) is 0.182. The van der Waals surface area contributed by atoms with Crippen molar-refractivity contribution >= 4 is 11.6 Å². The average Bonchev–Trinajstić information content (AvgIpc) is 3.44. The smallest absolute Gasteiger partial charge is 0.354 e. The number of pyridine rings is 1. The molecule has 0 N–H and O–H groups in total. The lowest BCUT2D eigenvalue weighted by molar-refractivity contribution is -0.137. The van der Waals surface area contributed by atoms with Crippen LogP contribution in [0.15, 0.2) is 65.4 Å². The van der Waals surface area contributed by atoms with Crippen LogP contribution in [0.4, 0.5) is 18.9 Å². The third-order valence-electron chi connectivity index (χ3n) is 5.32. The predicted molar refractivity (Wildman–Crippen MR) is 109 cm³/mol. The minimum absolute atomic E-state index is 0.194. The van der Waals surface area contributed by atoms with Crippen LogP contribution in [-0.4, -0.2) is 32.4 Å². The molecule has 10 heteroatoms. The fourth-order valence-electron chi connectivity index (χ4n) is 3.73. The van der Waals surface area contributed by atoms with E-state index in [9.17, 15) is 18.0 Å². The van der Waals surface area contributed by atoms with E-state index in [1.807, 2.05) is 13.0 Å². The van der Waals surface area contributed by atoms with E-state index in [1.54, 1.807) is 35.3 Å². The molecular weight excluding hydrogens is 423 g/mol. The molecule has 3 aromatic heterocycles. The van der Waals surface area contributed by atoms with Crippen molar-refractivity contribution in [3.8, 4) is 22.7 Å². The van der Waals surface area contributed by atoms with Gasteiger partial charge in [-0.1, -0.05) is 11.2 Å². The van der Waals surface area contributed by atoms with E-state index < -0.39 is 11.7 Å². The van der Waals surface area contributed by atoms with Gasteiger partial charge < -0.3 is 9.42 Å². The number of halogens is 3. The molecule has 0 aliphatic carbocycles. The van der Waals surface area contributed by atoms with Crippen LogP contribution in [-0.2, 0) is 6.18 Å². The predicted octanol–water partition coefficient (Wildman–Crippen LogP) is 4.84. The maximum Gasteiger partial charge on any atom is 0.416 e. The van der Waals surface area contributed by atoms with E-state index in [1.165, 1.54) is 17.0 Å². The molecule has 0 fully saturated rings. The summed E-state index contributed by atoms with van der Waals surface area (Å²) in [5, 5.41) is 8.42. The molecule has 1 atom stereocenters. The Bertz CT molecular complexity index is 1280. The summed E-state index contributed by atoms with van der Waals surface area (Å²) in [6, 6.07) is 11.4. The van der Waals surface area contributed by atoms with Gasteiger partial charge in [-0.15, -0.1) is 0 Å². The third-order valence-corrected chi connectivity index (χ3v) is 5.32. The number of hydrogen-bond acceptors (Lipinski definition) is 5. The van der Waals surface area contributed by atoms with Gasteiger partial charge in [0.25, 0.3) is 5.91 Å². The Balaban J connectivity index is 1.51. The second-order valence-electron chi connectivity index (χ2n) is 7.45. The number of amides is 1. The van der Waals surface area contributed by atoms with Crippen molar-refractivity contribution in [3.05, 3.63) is 72.2 Å². The van der Waals surface area contributed by atoms with E-state index in [2.05, 4.69) is 15.2 Å². The molecule has 0 saturated heterocycles. The molecule has 0 bridgehead atoms. The van der Waals surface area contributed by atoms with Gasteiger partial charge in [-0.3, -0.25) is 14.5 Å². The lowest BCUT2D eigenvalue weighted by Gasteiger charge is -2.32. The molecule has 0 radical (unpaired) electrons. The fourth-order valence-corrected chi connectivity index (χ4v) is 3.73. The van der Waals surface area contributed by atoms with Gasteiger partial charge in [-0.25, -0.2) is 0 Å². The maximum absolute atomic E-state index is 13.3. The van der Waals surface area contributed by atoms with Gasteiger partial charge in [0.05, 0.1) is 23.4 Å². The highest BCUT2D eigenvalue weighted by molar-refractivity contribution is 6.09. The first-order chi connectivity index (χ1) is 15.3. The molecule has 1 aromatic carbocycles. The second-order valence-corrected chi connectivity index (χ2v) is 7.45. The first-order valence-electron chi connectivity index (χ1n) is 9.78. The van der Waals surface area contributed by atoms with Gasteiger partial charge in [0.15, 0.2) is 5.76 Å². The molecule has 32 heavy (non-hydrogen) atoms. The maximum atomic E-state index is 13.3. The number of benzene rings is 1. The molecule has 162 valence electrons. The van der Waals surface area contributed by atoms with E-state index in [0.29, 0.717) is 34.1 Å². The van der Waals surface area contributed by atoms with Crippen LogP contribution in [0.25, 0.3) is 22.7 Å². The summed E-state index contributed by atoms with van der Waals surface area (Å²) in [6.07, 6.45) is -1.27. The van der Waals surface area contributed by atoms with Gasteiger partial charge in [0.1, 0.15) is 17.1 Å². The highest BCUT2D eigenvalue weighted by Gasteiger charge is 2.35. The number of anilines is 1. The van der Waals surface area contributed by atoms with Crippen molar-refractivity contribution in [2.45, 2.75) is 19.1 Å². The van der Waals surface area contributed by atoms with Crippen molar-refractivity contribution in [1.29, 1.82) is 0 Å². The number of alkyl halides is 3. The van der Waals surface area contributed by atoms with E-state index in [0.717, 1.165) is 12.1 Å². The topological polar surface area (TPSA) is 77.1 Å². The first kappa shape index (κ1) is 20.0. The van der Waals surface area contributed by atoms with Gasteiger partial charge >= 0.3 is 6.18 Å². The minimum Gasteiger partial charge on any atom is -0.354 e. The summed E-state index contributed by atoms with van der Waals surface area (Å²) in [6.45, 7) is 2.15. The molecule has 0 spiro atoms. The van der Waals surface area contributed by atoms with Crippen molar-refractivity contribution in [3.63, 3.8) is 0 Å². The Kier molecular flexibility index (Phi) is 4.58.